The van der Waals surface area contributed by atoms with Crippen molar-refractivity contribution in [2.45, 2.75) is 45.6 Å². The number of H-pyrrole nitrogens is 1. The van der Waals surface area contributed by atoms with Gasteiger partial charge < -0.3 is 10.3 Å². The topological polar surface area (TPSA) is 74.8 Å². The fraction of sp³-hybridized carbons (Fsp3) is 0.389. The first-order valence-corrected chi connectivity index (χ1v) is 7.98. The van der Waals surface area contributed by atoms with Crippen molar-refractivity contribution in [3.63, 3.8) is 0 Å². The Morgan fingerprint density at radius 1 is 1.35 bits per heavy atom. The molecule has 0 unspecified atom stereocenters. The van der Waals surface area contributed by atoms with Gasteiger partial charge in [-0.25, -0.2) is 4.98 Å². The van der Waals surface area contributed by atoms with Crippen LogP contribution in [-0.4, -0.2) is 15.9 Å². The molecule has 5 nitrogen and oxygen atoms in total. The molecular formula is C18H21N3O2. The van der Waals surface area contributed by atoms with Crippen LogP contribution in [0.5, 0.6) is 0 Å². The van der Waals surface area contributed by atoms with Gasteiger partial charge in [0.05, 0.1) is 12.5 Å². The zero-order valence-corrected chi connectivity index (χ0v) is 13.5. The van der Waals surface area contributed by atoms with E-state index in [0.29, 0.717) is 17.1 Å². The number of fused-ring (bicyclic) bond motifs is 1. The first-order chi connectivity index (χ1) is 11.0. The highest BCUT2D eigenvalue weighted by Crippen LogP contribution is 2.29. The minimum Gasteiger partial charge on any atom is -0.349 e. The largest absolute Gasteiger partial charge is 0.349 e. The predicted molar refractivity (Wildman–Crippen MR) is 88.3 cm³/mol. The molecule has 5 heteroatoms. The molecule has 0 aliphatic heterocycles. The highest BCUT2D eigenvalue weighted by molar-refractivity contribution is 5.79. The van der Waals surface area contributed by atoms with Crippen LogP contribution in [-0.2, 0) is 17.6 Å². The van der Waals surface area contributed by atoms with E-state index in [9.17, 15) is 9.59 Å². The quantitative estimate of drug-likeness (QED) is 0.912. The van der Waals surface area contributed by atoms with E-state index in [0.717, 1.165) is 19.3 Å². The predicted octanol–water partition coefficient (Wildman–Crippen LogP) is 2.12. The number of benzene rings is 1. The van der Waals surface area contributed by atoms with E-state index in [2.05, 4.69) is 27.4 Å². The Kier molecular flexibility index (Phi) is 4.28. The third kappa shape index (κ3) is 3.33. The van der Waals surface area contributed by atoms with Crippen LogP contribution in [0.1, 0.15) is 47.1 Å². The summed E-state index contributed by atoms with van der Waals surface area (Å²) in [5, 5.41) is 3.07. The van der Waals surface area contributed by atoms with Crippen molar-refractivity contribution in [1.29, 1.82) is 0 Å². The van der Waals surface area contributed by atoms with Gasteiger partial charge in [0.1, 0.15) is 5.82 Å². The van der Waals surface area contributed by atoms with Crippen molar-refractivity contribution < 1.29 is 4.79 Å². The lowest BCUT2D eigenvalue weighted by atomic mass is 9.87. The number of carbonyl (C=O) groups is 1. The molecule has 23 heavy (non-hydrogen) atoms. The van der Waals surface area contributed by atoms with Gasteiger partial charge in [-0.2, -0.15) is 0 Å². The fourth-order valence-corrected chi connectivity index (χ4v) is 3.27. The second-order valence-electron chi connectivity index (χ2n) is 6.10. The van der Waals surface area contributed by atoms with E-state index >= 15 is 0 Å². The number of aryl methyl sites for hydroxylation is 3. The molecule has 0 bridgehead atoms. The standard InChI is InChI=1S/C18H21N3O2/c1-11-15(18(23)20-12(2)19-11)10-17(22)21-16-9-5-7-13-6-3-4-8-14(13)16/h3-4,6,8,16H,5,7,9-10H2,1-2H3,(H,21,22)(H,19,20,23)/t16-/m0/s1. The van der Waals surface area contributed by atoms with Crippen LogP contribution in [0.15, 0.2) is 29.1 Å². The van der Waals surface area contributed by atoms with Crippen LogP contribution >= 0.6 is 0 Å². The molecule has 1 aromatic carbocycles. The first kappa shape index (κ1) is 15.5. The summed E-state index contributed by atoms with van der Waals surface area (Å²) >= 11 is 0. The number of nitrogens with one attached hydrogen (secondary N) is 2. The highest BCUT2D eigenvalue weighted by atomic mass is 16.2. The summed E-state index contributed by atoms with van der Waals surface area (Å²) in [6.45, 7) is 3.50. The summed E-state index contributed by atoms with van der Waals surface area (Å²) in [6.07, 6.45) is 3.12. The first-order valence-electron chi connectivity index (χ1n) is 7.98. The van der Waals surface area contributed by atoms with Gasteiger partial charge >= 0.3 is 0 Å². The van der Waals surface area contributed by atoms with E-state index < -0.39 is 0 Å². The summed E-state index contributed by atoms with van der Waals surface area (Å²) < 4.78 is 0. The highest BCUT2D eigenvalue weighted by Gasteiger charge is 2.22. The summed E-state index contributed by atoms with van der Waals surface area (Å²) in [7, 11) is 0. The van der Waals surface area contributed by atoms with E-state index in [1.807, 2.05) is 12.1 Å². The molecule has 120 valence electrons. The summed E-state index contributed by atoms with van der Waals surface area (Å²) in [5.41, 5.74) is 3.33. The van der Waals surface area contributed by atoms with Gasteiger partial charge in [-0.15, -0.1) is 0 Å². The minimum absolute atomic E-state index is 0.0326. The summed E-state index contributed by atoms with van der Waals surface area (Å²) in [5.74, 6) is 0.434. The monoisotopic (exact) mass is 311 g/mol. The van der Waals surface area contributed by atoms with Gasteiger partial charge in [-0.3, -0.25) is 9.59 Å². The van der Waals surface area contributed by atoms with Crippen molar-refractivity contribution in [2.24, 2.45) is 0 Å². The van der Waals surface area contributed by atoms with Crippen molar-refractivity contribution in [3.8, 4) is 0 Å². The Hall–Kier alpha value is -2.43. The maximum absolute atomic E-state index is 12.4. The molecule has 0 saturated carbocycles. The van der Waals surface area contributed by atoms with Crippen LogP contribution in [0.25, 0.3) is 0 Å². The van der Waals surface area contributed by atoms with Crippen LogP contribution < -0.4 is 10.9 Å². The molecule has 3 rings (SSSR count). The molecule has 0 fully saturated rings. The molecule has 1 aromatic heterocycles. The Morgan fingerprint density at radius 2 is 2.13 bits per heavy atom. The van der Waals surface area contributed by atoms with Crippen LogP contribution in [0.3, 0.4) is 0 Å². The summed E-state index contributed by atoms with van der Waals surface area (Å²) in [6, 6.07) is 8.26. The van der Waals surface area contributed by atoms with Crippen LogP contribution in [0, 0.1) is 13.8 Å². The number of carbonyl (C=O) groups excluding carboxylic acids is 1. The van der Waals surface area contributed by atoms with E-state index in [1.165, 1.54) is 11.1 Å². The van der Waals surface area contributed by atoms with E-state index in [-0.39, 0.29) is 23.9 Å². The normalized spacial score (nSPS) is 16.7. The molecular weight excluding hydrogens is 290 g/mol. The zero-order chi connectivity index (χ0) is 16.4. The number of aromatic nitrogens is 2. The van der Waals surface area contributed by atoms with Gasteiger partial charge in [0.25, 0.3) is 5.56 Å². The van der Waals surface area contributed by atoms with Gasteiger partial charge in [0, 0.05) is 11.3 Å². The minimum atomic E-state index is -0.228. The van der Waals surface area contributed by atoms with Crippen molar-refractivity contribution in [1.82, 2.24) is 15.3 Å². The van der Waals surface area contributed by atoms with Gasteiger partial charge in [-0.05, 0) is 44.2 Å². The van der Waals surface area contributed by atoms with Crippen LogP contribution in [0.4, 0.5) is 0 Å². The molecule has 2 N–H and O–H groups in total. The SMILES string of the molecule is Cc1nc(C)c(CC(=O)N[C@H]2CCCc3ccccc32)c(=O)[nH]1. The number of nitrogens with zero attached hydrogens (tertiary/aromatic N) is 1. The molecule has 1 amide bonds. The molecule has 0 spiro atoms. The van der Waals surface area contributed by atoms with E-state index in [1.54, 1.807) is 13.8 Å². The maximum atomic E-state index is 12.4. The zero-order valence-electron chi connectivity index (χ0n) is 13.5. The molecule has 0 radical (unpaired) electrons. The third-order valence-electron chi connectivity index (χ3n) is 4.38. The number of rotatable bonds is 3. The number of aromatic amines is 1. The van der Waals surface area contributed by atoms with Crippen LogP contribution in [0.2, 0.25) is 0 Å². The van der Waals surface area contributed by atoms with Crippen molar-refractivity contribution in [2.75, 3.05) is 0 Å². The average Bonchev–Trinajstić information content (AvgIpc) is 2.51. The number of amides is 1. The van der Waals surface area contributed by atoms with Gasteiger partial charge in [0.15, 0.2) is 0 Å². The Balaban J connectivity index is 1.75. The van der Waals surface area contributed by atoms with E-state index in [4.69, 9.17) is 0 Å². The Bertz CT molecular complexity index is 795. The second-order valence-corrected chi connectivity index (χ2v) is 6.10. The number of hydrogen-bond acceptors (Lipinski definition) is 3. The smallest absolute Gasteiger partial charge is 0.254 e. The molecule has 1 heterocycles. The number of hydrogen-bond donors (Lipinski definition) is 2. The van der Waals surface area contributed by atoms with Crippen molar-refractivity contribution in [3.05, 3.63) is 62.8 Å². The lowest BCUT2D eigenvalue weighted by Crippen LogP contribution is -2.34. The summed E-state index contributed by atoms with van der Waals surface area (Å²) in [4.78, 5) is 31.3. The average molecular weight is 311 g/mol. The molecule has 1 aliphatic rings. The molecule has 0 saturated heterocycles. The van der Waals surface area contributed by atoms with Crippen molar-refractivity contribution >= 4 is 5.91 Å². The Morgan fingerprint density at radius 3 is 2.91 bits per heavy atom. The molecule has 1 aliphatic carbocycles. The Labute approximate surface area is 135 Å². The lowest BCUT2D eigenvalue weighted by molar-refractivity contribution is -0.121. The van der Waals surface area contributed by atoms with Gasteiger partial charge in [0.2, 0.25) is 5.91 Å². The lowest BCUT2D eigenvalue weighted by Gasteiger charge is -2.26. The third-order valence-corrected chi connectivity index (χ3v) is 4.38. The molecule has 1 atom stereocenters. The maximum Gasteiger partial charge on any atom is 0.254 e. The second kappa shape index (κ2) is 6.36. The van der Waals surface area contributed by atoms with Gasteiger partial charge in [-0.1, -0.05) is 24.3 Å². The fourth-order valence-electron chi connectivity index (χ4n) is 3.27. The molecule has 2 aromatic rings.